The van der Waals surface area contributed by atoms with Crippen molar-refractivity contribution in [2.75, 3.05) is 13.2 Å². The number of carbonyl (C=O) groups excluding carboxylic acids is 3. The fourth-order valence-electron chi connectivity index (χ4n) is 7.78. The Morgan fingerprint density at radius 2 is 0.548 bits per heavy atom. The lowest BCUT2D eigenvalue weighted by Crippen LogP contribution is -2.30. The van der Waals surface area contributed by atoms with Crippen LogP contribution in [0.2, 0.25) is 0 Å². The van der Waals surface area contributed by atoms with Crippen LogP contribution < -0.4 is 0 Å². The average molecular weight is 1010 g/mol. The summed E-state index contributed by atoms with van der Waals surface area (Å²) in [4.78, 5) is 38.0. The molecule has 0 fully saturated rings. The molecule has 0 aromatic rings. The molecule has 0 saturated heterocycles. The van der Waals surface area contributed by atoms with Crippen LogP contribution in [0.3, 0.4) is 0 Å². The molecule has 1 unspecified atom stereocenters. The van der Waals surface area contributed by atoms with E-state index in [2.05, 4.69) is 154 Å². The summed E-state index contributed by atoms with van der Waals surface area (Å²) in [5.41, 5.74) is 0. The van der Waals surface area contributed by atoms with Crippen LogP contribution in [-0.4, -0.2) is 37.2 Å². The van der Waals surface area contributed by atoms with Gasteiger partial charge in [-0.05, 0) is 109 Å². The molecule has 0 aromatic heterocycles. The van der Waals surface area contributed by atoms with Crippen LogP contribution in [0.25, 0.3) is 0 Å². The second kappa shape index (κ2) is 60.1. The molecule has 1 atom stereocenters. The molecular weight excluding hydrogens is 901 g/mol. The molecule has 0 rings (SSSR count). The van der Waals surface area contributed by atoms with Gasteiger partial charge in [0.2, 0.25) is 0 Å². The van der Waals surface area contributed by atoms with Crippen LogP contribution in [-0.2, 0) is 28.6 Å². The highest BCUT2D eigenvalue weighted by molar-refractivity contribution is 5.71. The maximum Gasteiger partial charge on any atom is 0.306 e. The van der Waals surface area contributed by atoms with Gasteiger partial charge in [-0.1, -0.05) is 257 Å². The molecule has 0 amide bonds. The summed E-state index contributed by atoms with van der Waals surface area (Å²) in [7, 11) is 0. The van der Waals surface area contributed by atoms with Crippen molar-refractivity contribution in [3.8, 4) is 0 Å². The molecule has 0 N–H and O–H groups in total. The van der Waals surface area contributed by atoms with E-state index in [1.807, 2.05) is 0 Å². The Bertz CT molecular complexity index is 1580. The Morgan fingerprint density at radius 3 is 0.877 bits per heavy atom. The summed E-state index contributed by atoms with van der Waals surface area (Å²) in [6, 6.07) is 0. The Labute approximate surface area is 449 Å². The Hall–Kier alpha value is -4.45. The van der Waals surface area contributed by atoms with E-state index in [1.54, 1.807) is 0 Å². The second-order valence-corrected chi connectivity index (χ2v) is 19.1. The number of allylic oxidation sites excluding steroid dienone is 22. The van der Waals surface area contributed by atoms with Gasteiger partial charge in [-0.25, -0.2) is 0 Å². The zero-order valence-corrected chi connectivity index (χ0v) is 47.1. The molecular formula is C67H108O6. The third-order valence-corrected chi connectivity index (χ3v) is 12.2. The molecule has 0 aliphatic heterocycles. The topological polar surface area (TPSA) is 78.9 Å². The maximum absolute atomic E-state index is 12.8. The van der Waals surface area contributed by atoms with Crippen molar-refractivity contribution in [1.82, 2.24) is 0 Å². The molecule has 0 heterocycles. The number of hydrogen-bond acceptors (Lipinski definition) is 6. The normalized spacial score (nSPS) is 13.1. The Balaban J connectivity index is 4.29. The standard InChI is InChI=1S/C67H108O6/c1-4-7-10-13-16-18-20-22-24-26-28-30-32-33-35-36-38-40-42-44-46-48-51-54-57-60-66(69)72-63-64(62-71-65(68)59-56-53-50-15-12-9-6-3)73-67(70)61-58-55-52-49-47-45-43-41-39-37-34-31-29-27-25-23-21-19-17-14-11-8-5-2/h7-8,10-11,16-19,22-25,28-31,37,39,43,45,49,52,64H,4-6,9,12-15,20-21,26-27,32-36,38,40-42,44,46-48,50-51,53-63H2,1-3H3/b10-7-,11-8-,18-16-,19-17-,24-22-,25-23-,30-28-,31-29-,39-37-,45-43-,52-49-. The van der Waals surface area contributed by atoms with Gasteiger partial charge in [0.15, 0.2) is 6.10 Å². The summed E-state index contributed by atoms with van der Waals surface area (Å²) >= 11 is 0. The monoisotopic (exact) mass is 1010 g/mol. The van der Waals surface area contributed by atoms with Gasteiger partial charge in [0.25, 0.3) is 0 Å². The highest BCUT2D eigenvalue weighted by Crippen LogP contribution is 2.15. The molecule has 0 bridgehead atoms. The average Bonchev–Trinajstić information content (AvgIpc) is 3.39. The van der Waals surface area contributed by atoms with E-state index < -0.39 is 6.10 Å². The molecule has 0 radical (unpaired) electrons. The first-order chi connectivity index (χ1) is 36.0. The van der Waals surface area contributed by atoms with Crippen LogP contribution in [0.15, 0.2) is 134 Å². The molecule has 6 heteroatoms. The second-order valence-electron chi connectivity index (χ2n) is 19.1. The minimum atomic E-state index is -0.811. The summed E-state index contributed by atoms with van der Waals surface area (Å²) in [5, 5.41) is 0. The van der Waals surface area contributed by atoms with Gasteiger partial charge < -0.3 is 14.2 Å². The van der Waals surface area contributed by atoms with Crippen molar-refractivity contribution in [3.63, 3.8) is 0 Å². The van der Waals surface area contributed by atoms with E-state index in [1.165, 1.54) is 89.9 Å². The predicted octanol–water partition coefficient (Wildman–Crippen LogP) is 20.2. The third-order valence-electron chi connectivity index (χ3n) is 12.2. The molecule has 73 heavy (non-hydrogen) atoms. The van der Waals surface area contributed by atoms with E-state index in [-0.39, 0.29) is 37.5 Å². The lowest BCUT2D eigenvalue weighted by molar-refractivity contribution is -0.167. The zero-order chi connectivity index (χ0) is 52.9. The van der Waals surface area contributed by atoms with Crippen molar-refractivity contribution in [1.29, 1.82) is 0 Å². The highest BCUT2D eigenvalue weighted by Gasteiger charge is 2.19. The van der Waals surface area contributed by atoms with Gasteiger partial charge in [0.05, 0.1) is 0 Å². The van der Waals surface area contributed by atoms with Gasteiger partial charge in [0.1, 0.15) is 13.2 Å². The van der Waals surface area contributed by atoms with Gasteiger partial charge in [-0.2, -0.15) is 0 Å². The zero-order valence-electron chi connectivity index (χ0n) is 47.1. The largest absolute Gasteiger partial charge is 0.462 e. The summed E-state index contributed by atoms with van der Waals surface area (Å²) in [6.07, 6.45) is 84.8. The molecule has 0 aromatic carbocycles. The smallest absolute Gasteiger partial charge is 0.306 e. The molecule has 0 aliphatic rings. The van der Waals surface area contributed by atoms with Crippen LogP contribution in [0.4, 0.5) is 0 Å². The van der Waals surface area contributed by atoms with Crippen LogP contribution in [0.5, 0.6) is 0 Å². The summed E-state index contributed by atoms with van der Waals surface area (Å²) in [5.74, 6) is -0.976. The Morgan fingerprint density at radius 1 is 0.288 bits per heavy atom. The van der Waals surface area contributed by atoms with E-state index in [0.29, 0.717) is 19.3 Å². The number of esters is 3. The van der Waals surface area contributed by atoms with Crippen molar-refractivity contribution in [3.05, 3.63) is 134 Å². The minimum Gasteiger partial charge on any atom is -0.462 e. The van der Waals surface area contributed by atoms with Crippen molar-refractivity contribution < 1.29 is 28.6 Å². The summed E-state index contributed by atoms with van der Waals surface area (Å²) in [6.45, 7) is 6.32. The first kappa shape index (κ1) is 68.6. The van der Waals surface area contributed by atoms with E-state index in [9.17, 15) is 14.4 Å². The SMILES string of the molecule is CC/C=C\C/C=C\C/C=C\C/C=C\C/C=C\C/C=C\C/C=C\CCCC(=O)OC(COC(=O)CCCCCCCCC)COC(=O)CCCCCCCCCCCCCC/C=C\C/C=C\C/C=C\C/C=C\CC. The van der Waals surface area contributed by atoms with Crippen molar-refractivity contribution >= 4 is 17.9 Å². The number of hydrogen-bond donors (Lipinski definition) is 0. The molecule has 6 nitrogen and oxygen atoms in total. The fourth-order valence-corrected chi connectivity index (χ4v) is 7.78. The Kier molecular flexibility index (Phi) is 56.4. The third kappa shape index (κ3) is 58.3. The quantitative estimate of drug-likeness (QED) is 0.0261. The van der Waals surface area contributed by atoms with Gasteiger partial charge >= 0.3 is 17.9 Å². The van der Waals surface area contributed by atoms with Gasteiger partial charge in [-0.3, -0.25) is 14.4 Å². The van der Waals surface area contributed by atoms with Crippen LogP contribution >= 0.6 is 0 Å². The van der Waals surface area contributed by atoms with Crippen molar-refractivity contribution in [2.45, 2.75) is 258 Å². The van der Waals surface area contributed by atoms with Gasteiger partial charge in [0, 0.05) is 19.3 Å². The molecule has 0 spiro atoms. The minimum absolute atomic E-state index is 0.104. The molecule has 0 aliphatic carbocycles. The number of unbranched alkanes of at least 4 members (excludes halogenated alkanes) is 19. The number of carbonyl (C=O) groups is 3. The highest BCUT2D eigenvalue weighted by atomic mass is 16.6. The lowest BCUT2D eigenvalue weighted by Gasteiger charge is -2.18. The fraction of sp³-hybridized carbons (Fsp3) is 0.627. The predicted molar refractivity (Wildman–Crippen MR) is 316 cm³/mol. The number of rotatable bonds is 52. The first-order valence-electron chi connectivity index (χ1n) is 29.7. The maximum atomic E-state index is 12.8. The first-order valence-corrected chi connectivity index (χ1v) is 29.7. The van der Waals surface area contributed by atoms with Crippen molar-refractivity contribution in [2.24, 2.45) is 0 Å². The molecule has 0 saturated carbocycles. The summed E-state index contributed by atoms with van der Waals surface area (Å²) < 4.78 is 16.7. The lowest BCUT2D eigenvalue weighted by atomic mass is 10.0. The van der Waals surface area contributed by atoms with E-state index >= 15 is 0 Å². The van der Waals surface area contributed by atoms with Gasteiger partial charge in [-0.15, -0.1) is 0 Å². The molecule has 412 valence electrons. The van der Waals surface area contributed by atoms with E-state index in [4.69, 9.17) is 14.2 Å². The van der Waals surface area contributed by atoms with E-state index in [0.717, 1.165) is 116 Å². The number of ether oxygens (including phenoxy) is 3. The van der Waals surface area contributed by atoms with Crippen LogP contribution in [0, 0.1) is 0 Å². The van der Waals surface area contributed by atoms with Crippen LogP contribution in [0.1, 0.15) is 252 Å².